The second kappa shape index (κ2) is 9.64. The van der Waals surface area contributed by atoms with E-state index >= 15 is 0 Å². The largest absolute Gasteiger partial charge is 0.493 e. The van der Waals surface area contributed by atoms with Crippen LogP contribution in [0.3, 0.4) is 0 Å². The number of nitrogens with two attached hydrogens (primary N) is 1. The van der Waals surface area contributed by atoms with Gasteiger partial charge >= 0.3 is 0 Å². The average Bonchev–Trinajstić information content (AvgIpc) is 2.72. The first-order valence-corrected chi connectivity index (χ1v) is 9.42. The number of nitrogens with one attached hydrogen (secondary N) is 2. The first kappa shape index (κ1) is 19.5. The molecule has 1 unspecified atom stereocenters. The summed E-state index contributed by atoms with van der Waals surface area (Å²) in [6, 6.07) is 15.5. The van der Waals surface area contributed by atoms with Crippen LogP contribution in [-0.2, 0) is 11.3 Å². The highest BCUT2D eigenvalue weighted by Gasteiger charge is 2.21. The number of para-hydroxylation sites is 1. The number of amides is 1. The maximum atomic E-state index is 11.5. The quantitative estimate of drug-likeness (QED) is 0.503. The Hall–Kier alpha value is -3.22. The van der Waals surface area contributed by atoms with Crippen molar-refractivity contribution >= 4 is 11.9 Å². The van der Waals surface area contributed by atoms with Gasteiger partial charge in [-0.05, 0) is 30.7 Å². The summed E-state index contributed by atoms with van der Waals surface area (Å²) in [5, 5.41) is 5.97. The Morgan fingerprint density at radius 1 is 1.29 bits per heavy atom. The Morgan fingerprint density at radius 2 is 2.14 bits per heavy atom. The lowest BCUT2D eigenvalue weighted by molar-refractivity contribution is -0.122. The molecule has 0 radical (unpaired) electrons. The maximum absolute atomic E-state index is 11.5. The van der Waals surface area contributed by atoms with Crippen molar-refractivity contribution in [3.8, 4) is 11.5 Å². The Bertz CT molecular complexity index is 838. The second-order valence-corrected chi connectivity index (χ2v) is 6.46. The van der Waals surface area contributed by atoms with E-state index in [1.807, 2.05) is 55.5 Å². The molecule has 7 nitrogen and oxygen atoms in total. The number of nitrogens with zero attached hydrogens (tertiary/aromatic N) is 1. The van der Waals surface area contributed by atoms with Crippen LogP contribution < -0.4 is 25.8 Å². The Morgan fingerprint density at radius 3 is 3.00 bits per heavy atom. The van der Waals surface area contributed by atoms with Gasteiger partial charge in [-0.15, -0.1) is 0 Å². The fraction of sp³-hybridized carbons (Fsp3) is 0.333. The molecule has 0 bridgehead atoms. The third kappa shape index (κ3) is 5.39. The van der Waals surface area contributed by atoms with Gasteiger partial charge in [0.15, 0.2) is 12.6 Å². The summed E-state index contributed by atoms with van der Waals surface area (Å²) < 4.78 is 11.2. The number of rotatable bonds is 7. The van der Waals surface area contributed by atoms with E-state index in [-0.39, 0.29) is 18.6 Å². The standard InChI is InChI=1S/C21H26N4O3/c1-2-23-20(26)14-28-16-7-5-6-15(12-16)13-24-21(22)25-18-10-11-27-19-9-4-3-8-17(18)19/h3-9,12,18H,2,10-11,13-14H2,1H3,(H,23,26)(H3,22,24,25). The first-order valence-electron chi connectivity index (χ1n) is 9.42. The summed E-state index contributed by atoms with van der Waals surface area (Å²) >= 11 is 0. The van der Waals surface area contributed by atoms with E-state index in [9.17, 15) is 4.79 Å². The number of likely N-dealkylation sites (N-methyl/N-ethyl adjacent to an activating group) is 1. The zero-order chi connectivity index (χ0) is 19.8. The second-order valence-electron chi connectivity index (χ2n) is 6.46. The van der Waals surface area contributed by atoms with Crippen LogP contribution in [0.2, 0.25) is 0 Å². The van der Waals surface area contributed by atoms with E-state index in [1.54, 1.807) is 0 Å². The number of fused-ring (bicyclic) bond motifs is 1. The van der Waals surface area contributed by atoms with Crippen molar-refractivity contribution in [3.63, 3.8) is 0 Å². The third-order valence-electron chi connectivity index (χ3n) is 4.35. The number of ether oxygens (including phenoxy) is 2. The minimum absolute atomic E-state index is 0.00653. The summed E-state index contributed by atoms with van der Waals surface area (Å²) in [6.45, 7) is 3.51. The highest BCUT2D eigenvalue weighted by atomic mass is 16.5. The SMILES string of the molecule is CCNC(=O)COc1cccc(CN=C(N)NC2CCOc3ccccc32)c1. The highest BCUT2D eigenvalue weighted by Crippen LogP contribution is 2.31. The van der Waals surface area contributed by atoms with Crippen molar-refractivity contribution in [3.05, 3.63) is 59.7 Å². The normalized spacial score (nSPS) is 15.9. The third-order valence-corrected chi connectivity index (χ3v) is 4.35. The summed E-state index contributed by atoms with van der Waals surface area (Å²) in [5.41, 5.74) is 8.13. The molecule has 0 fully saturated rings. The van der Waals surface area contributed by atoms with Gasteiger partial charge in [-0.2, -0.15) is 0 Å². The number of carbonyl (C=O) groups excluding carboxylic acids is 1. The van der Waals surface area contributed by atoms with Crippen molar-refractivity contribution in [2.45, 2.75) is 25.9 Å². The number of hydrogen-bond acceptors (Lipinski definition) is 4. The molecule has 0 spiro atoms. The molecule has 0 saturated heterocycles. The minimum Gasteiger partial charge on any atom is -0.493 e. The number of hydrogen-bond donors (Lipinski definition) is 3. The predicted octanol–water partition coefficient (Wildman–Crippen LogP) is 2.13. The van der Waals surface area contributed by atoms with Crippen LogP contribution in [-0.4, -0.2) is 31.6 Å². The molecule has 1 heterocycles. The summed E-state index contributed by atoms with van der Waals surface area (Å²) in [4.78, 5) is 15.9. The molecule has 1 atom stereocenters. The molecule has 0 aromatic heterocycles. The molecule has 1 aliphatic heterocycles. The first-order chi connectivity index (χ1) is 13.7. The van der Waals surface area contributed by atoms with Gasteiger partial charge in [0.2, 0.25) is 0 Å². The van der Waals surface area contributed by atoms with Gasteiger partial charge in [0, 0.05) is 18.5 Å². The van der Waals surface area contributed by atoms with Gasteiger partial charge in [0.05, 0.1) is 19.2 Å². The number of carbonyl (C=O) groups is 1. The molecule has 1 aliphatic rings. The Kier molecular flexibility index (Phi) is 6.73. The zero-order valence-corrected chi connectivity index (χ0v) is 16.0. The van der Waals surface area contributed by atoms with Crippen LogP contribution in [0.5, 0.6) is 11.5 Å². The van der Waals surface area contributed by atoms with Crippen LogP contribution >= 0.6 is 0 Å². The lowest BCUT2D eigenvalue weighted by atomic mass is 10.0. The van der Waals surface area contributed by atoms with E-state index in [4.69, 9.17) is 15.2 Å². The molecule has 148 valence electrons. The fourth-order valence-electron chi connectivity index (χ4n) is 3.02. The van der Waals surface area contributed by atoms with Gasteiger partial charge in [0.25, 0.3) is 5.91 Å². The number of guanidine groups is 1. The van der Waals surface area contributed by atoms with Crippen molar-refractivity contribution in [1.29, 1.82) is 0 Å². The average molecular weight is 382 g/mol. The molecular weight excluding hydrogens is 356 g/mol. The van der Waals surface area contributed by atoms with Gasteiger partial charge in [-0.1, -0.05) is 30.3 Å². The van der Waals surface area contributed by atoms with Crippen molar-refractivity contribution in [2.24, 2.45) is 10.7 Å². The molecule has 1 amide bonds. The summed E-state index contributed by atoms with van der Waals surface area (Å²) in [7, 11) is 0. The van der Waals surface area contributed by atoms with Gasteiger partial charge < -0.3 is 25.8 Å². The van der Waals surface area contributed by atoms with Crippen LogP contribution in [0, 0.1) is 0 Å². The van der Waals surface area contributed by atoms with E-state index in [1.165, 1.54) is 0 Å². The molecule has 28 heavy (non-hydrogen) atoms. The summed E-state index contributed by atoms with van der Waals surface area (Å²) in [5.74, 6) is 1.76. The maximum Gasteiger partial charge on any atom is 0.257 e. The zero-order valence-electron chi connectivity index (χ0n) is 16.0. The van der Waals surface area contributed by atoms with Gasteiger partial charge in [-0.25, -0.2) is 4.99 Å². The molecule has 0 aliphatic carbocycles. The minimum atomic E-state index is -0.142. The summed E-state index contributed by atoms with van der Waals surface area (Å²) in [6.07, 6.45) is 0.830. The molecular formula is C21H26N4O3. The van der Waals surface area contributed by atoms with Gasteiger partial charge in [-0.3, -0.25) is 4.79 Å². The highest BCUT2D eigenvalue weighted by molar-refractivity contribution is 5.78. The molecule has 7 heteroatoms. The van der Waals surface area contributed by atoms with Crippen molar-refractivity contribution in [1.82, 2.24) is 10.6 Å². The van der Waals surface area contributed by atoms with E-state index in [0.29, 0.717) is 31.4 Å². The number of aliphatic imine (C=N–C) groups is 1. The smallest absolute Gasteiger partial charge is 0.257 e. The topological polar surface area (TPSA) is 98.0 Å². The molecule has 2 aromatic carbocycles. The van der Waals surface area contributed by atoms with E-state index in [2.05, 4.69) is 15.6 Å². The van der Waals surface area contributed by atoms with Crippen LogP contribution in [0.4, 0.5) is 0 Å². The van der Waals surface area contributed by atoms with Crippen LogP contribution in [0.25, 0.3) is 0 Å². The Balaban J connectivity index is 1.56. The lowest BCUT2D eigenvalue weighted by Crippen LogP contribution is -2.37. The van der Waals surface area contributed by atoms with Gasteiger partial charge in [0.1, 0.15) is 11.5 Å². The van der Waals surface area contributed by atoms with Crippen LogP contribution in [0.1, 0.15) is 30.5 Å². The molecule has 2 aromatic rings. The monoisotopic (exact) mass is 382 g/mol. The van der Waals surface area contributed by atoms with E-state index in [0.717, 1.165) is 23.3 Å². The van der Waals surface area contributed by atoms with Crippen molar-refractivity contribution in [2.75, 3.05) is 19.8 Å². The fourth-order valence-corrected chi connectivity index (χ4v) is 3.02. The predicted molar refractivity (Wildman–Crippen MR) is 108 cm³/mol. The number of benzene rings is 2. The van der Waals surface area contributed by atoms with Crippen molar-refractivity contribution < 1.29 is 14.3 Å². The van der Waals surface area contributed by atoms with E-state index < -0.39 is 0 Å². The molecule has 3 rings (SSSR count). The lowest BCUT2D eigenvalue weighted by Gasteiger charge is -2.26. The molecule has 0 saturated carbocycles. The Labute approximate surface area is 164 Å². The molecule has 4 N–H and O–H groups in total. The van der Waals surface area contributed by atoms with Crippen LogP contribution in [0.15, 0.2) is 53.5 Å².